The molecule has 0 aliphatic carbocycles. The van der Waals surface area contributed by atoms with E-state index in [4.69, 9.17) is 9.47 Å². The molecule has 0 unspecified atom stereocenters. The van der Waals surface area contributed by atoms with Gasteiger partial charge in [-0.3, -0.25) is 0 Å². The normalized spacial score (nSPS) is 16.2. The zero-order valence-electron chi connectivity index (χ0n) is 10.5. The molecule has 0 atom stereocenters. The Hall–Kier alpha value is -1.88. The zero-order valence-corrected chi connectivity index (χ0v) is 11.3. The number of thiazole rings is 1. The monoisotopic (exact) mass is 272 g/mol. The van der Waals surface area contributed by atoms with Crippen LogP contribution in [-0.4, -0.2) is 18.2 Å². The second-order valence-corrected chi connectivity index (χ2v) is 5.48. The Morgan fingerprint density at radius 1 is 1.16 bits per heavy atom. The molecule has 0 saturated carbocycles. The molecule has 0 bridgehead atoms. The van der Waals surface area contributed by atoms with Gasteiger partial charge in [0.05, 0.1) is 18.6 Å². The molecule has 2 aromatic rings. The van der Waals surface area contributed by atoms with Crippen molar-refractivity contribution in [2.24, 2.45) is 4.99 Å². The van der Waals surface area contributed by atoms with Crippen molar-refractivity contribution >= 4 is 17.0 Å². The van der Waals surface area contributed by atoms with Crippen LogP contribution in [0.3, 0.4) is 0 Å². The second kappa shape index (κ2) is 4.06. The Morgan fingerprint density at radius 2 is 1.95 bits per heavy atom. The summed E-state index contributed by atoms with van der Waals surface area (Å²) in [6.45, 7) is 3.40. The van der Waals surface area contributed by atoms with Gasteiger partial charge in [0.15, 0.2) is 11.5 Å². The molecule has 96 valence electrons. The van der Waals surface area contributed by atoms with Crippen molar-refractivity contribution in [3.05, 3.63) is 38.8 Å². The molecule has 3 heterocycles. The van der Waals surface area contributed by atoms with E-state index < -0.39 is 0 Å². The summed E-state index contributed by atoms with van der Waals surface area (Å²) in [6.07, 6.45) is 0.915. The maximum Gasteiger partial charge on any atom is 0.163 e. The van der Waals surface area contributed by atoms with Gasteiger partial charge in [0.25, 0.3) is 0 Å². The molecule has 1 aromatic carbocycles. The Balaban J connectivity index is 1.86. The number of aromatic nitrogens is 1. The van der Waals surface area contributed by atoms with Gasteiger partial charge in [-0.1, -0.05) is 0 Å². The van der Waals surface area contributed by atoms with Gasteiger partial charge in [-0.2, -0.15) is 0 Å². The lowest BCUT2D eigenvalue weighted by Gasteiger charge is -2.12. The number of fused-ring (bicyclic) bond motifs is 2. The van der Waals surface area contributed by atoms with Crippen LogP contribution < -0.4 is 20.0 Å². The molecule has 2 aliphatic heterocycles. The van der Waals surface area contributed by atoms with Crippen LogP contribution in [0, 0.1) is 6.92 Å². The van der Waals surface area contributed by atoms with E-state index in [-0.39, 0.29) is 0 Å². The fourth-order valence-corrected chi connectivity index (χ4v) is 3.03. The predicted octanol–water partition coefficient (Wildman–Crippen LogP) is 1.40. The van der Waals surface area contributed by atoms with Gasteiger partial charge >= 0.3 is 0 Å². The van der Waals surface area contributed by atoms with E-state index >= 15 is 0 Å². The maximum absolute atomic E-state index is 5.71. The highest BCUT2D eigenvalue weighted by Gasteiger charge is 2.18. The first-order chi connectivity index (χ1) is 9.31. The van der Waals surface area contributed by atoms with Gasteiger partial charge < -0.3 is 9.47 Å². The second-order valence-electron chi connectivity index (χ2n) is 4.62. The number of ether oxygens (including phenoxy) is 2. The number of hydrogen-bond donors (Lipinski definition) is 0. The topological polar surface area (TPSA) is 43.7 Å². The number of benzene rings is 1. The molecule has 4 nitrogen and oxygen atoms in total. The largest absolute Gasteiger partial charge is 0.490 e. The van der Waals surface area contributed by atoms with Crippen molar-refractivity contribution in [2.45, 2.75) is 13.3 Å². The summed E-state index contributed by atoms with van der Waals surface area (Å²) < 4.78 is 11.4. The number of rotatable bonds is 1. The summed E-state index contributed by atoms with van der Waals surface area (Å²) in [4.78, 5) is 9.01. The van der Waals surface area contributed by atoms with Gasteiger partial charge in [-0.05, 0) is 13.0 Å². The minimum atomic E-state index is 0.702. The lowest BCUT2D eigenvalue weighted by molar-refractivity contribution is 0.297. The molecule has 0 amide bonds. The molecule has 4 rings (SSSR count). The quantitative estimate of drug-likeness (QED) is 0.788. The lowest BCUT2D eigenvalue weighted by atomic mass is 10.1. The number of nitrogens with zero attached hydrogens (tertiary/aromatic N) is 2. The first-order valence-corrected chi connectivity index (χ1v) is 7.14. The van der Waals surface area contributed by atoms with E-state index in [9.17, 15) is 0 Å². The third kappa shape index (κ3) is 1.73. The highest BCUT2D eigenvalue weighted by Crippen LogP contribution is 2.28. The van der Waals surface area contributed by atoms with Crippen LogP contribution in [-0.2, 0) is 0 Å². The first kappa shape index (κ1) is 11.0. The third-order valence-corrected chi connectivity index (χ3v) is 4.14. The molecule has 0 spiro atoms. The molecule has 5 heteroatoms. The standard InChI is InChI=1S/C14H12N2O2S/c1-8-7-19-14(15-8)13-9-5-11-12(6-10(9)16-13)18-4-2-3-17-11/h5-7H,2-4H2,1H3. The minimum absolute atomic E-state index is 0.702. The van der Waals surface area contributed by atoms with E-state index in [0.29, 0.717) is 13.2 Å². The Kier molecular flexibility index (Phi) is 2.35. The fraction of sp³-hybridized carbons (Fsp3) is 0.286. The molecule has 0 radical (unpaired) electrons. The Labute approximate surface area is 114 Å². The van der Waals surface area contributed by atoms with Crippen molar-refractivity contribution in [1.82, 2.24) is 4.98 Å². The van der Waals surface area contributed by atoms with Crippen LogP contribution in [0.25, 0.3) is 5.70 Å². The summed E-state index contributed by atoms with van der Waals surface area (Å²) >= 11 is 1.62. The van der Waals surface area contributed by atoms with Gasteiger partial charge in [-0.15, -0.1) is 11.3 Å². The predicted molar refractivity (Wildman–Crippen MR) is 72.2 cm³/mol. The van der Waals surface area contributed by atoms with E-state index in [0.717, 1.165) is 44.9 Å². The van der Waals surface area contributed by atoms with Crippen molar-refractivity contribution in [2.75, 3.05) is 13.2 Å². The van der Waals surface area contributed by atoms with Gasteiger partial charge in [0.2, 0.25) is 0 Å². The maximum atomic E-state index is 5.71. The average Bonchev–Trinajstić information content (AvgIpc) is 2.67. The summed E-state index contributed by atoms with van der Waals surface area (Å²) in [5.74, 6) is 1.62. The fourth-order valence-electron chi connectivity index (χ4n) is 2.23. The molecule has 0 fully saturated rings. The van der Waals surface area contributed by atoms with Crippen LogP contribution in [0.1, 0.15) is 17.1 Å². The highest BCUT2D eigenvalue weighted by molar-refractivity contribution is 7.10. The summed E-state index contributed by atoms with van der Waals surface area (Å²) in [5, 5.41) is 5.09. The van der Waals surface area contributed by atoms with E-state index in [2.05, 4.69) is 9.98 Å². The smallest absolute Gasteiger partial charge is 0.163 e. The average molecular weight is 272 g/mol. The van der Waals surface area contributed by atoms with E-state index in [1.807, 2.05) is 24.4 Å². The molecule has 19 heavy (non-hydrogen) atoms. The van der Waals surface area contributed by atoms with Crippen LogP contribution in [0.2, 0.25) is 0 Å². The third-order valence-electron chi connectivity index (χ3n) is 3.17. The number of aryl methyl sites for hydroxylation is 1. The van der Waals surface area contributed by atoms with Crippen LogP contribution in [0.5, 0.6) is 11.5 Å². The minimum Gasteiger partial charge on any atom is -0.490 e. The van der Waals surface area contributed by atoms with Crippen molar-refractivity contribution in [3.8, 4) is 11.5 Å². The molecular formula is C14H12N2O2S. The summed E-state index contributed by atoms with van der Waals surface area (Å²) in [7, 11) is 0. The highest BCUT2D eigenvalue weighted by atomic mass is 32.1. The van der Waals surface area contributed by atoms with Crippen LogP contribution in [0.4, 0.5) is 0 Å². The zero-order chi connectivity index (χ0) is 12.8. The molecular weight excluding hydrogens is 260 g/mol. The van der Waals surface area contributed by atoms with E-state index in [1.54, 1.807) is 11.3 Å². The van der Waals surface area contributed by atoms with Gasteiger partial charge in [0.1, 0.15) is 10.7 Å². The summed E-state index contributed by atoms with van der Waals surface area (Å²) in [6, 6.07) is 3.98. The Bertz CT molecular complexity index is 779. The van der Waals surface area contributed by atoms with Crippen molar-refractivity contribution < 1.29 is 9.47 Å². The van der Waals surface area contributed by atoms with Gasteiger partial charge in [-0.25, -0.2) is 9.98 Å². The molecule has 0 saturated heterocycles. The summed E-state index contributed by atoms with van der Waals surface area (Å²) in [5.41, 5.74) is 1.99. The lowest BCUT2D eigenvalue weighted by Crippen LogP contribution is -2.35. The van der Waals surface area contributed by atoms with Crippen molar-refractivity contribution in [1.29, 1.82) is 0 Å². The molecule has 1 aromatic heterocycles. The first-order valence-electron chi connectivity index (χ1n) is 6.26. The number of hydrogen-bond acceptors (Lipinski definition) is 5. The van der Waals surface area contributed by atoms with Crippen LogP contribution >= 0.6 is 11.3 Å². The SMILES string of the molecule is Cc1csc(C2=c3cc4c(cc3=N2)OCCCO4)n1. The van der Waals surface area contributed by atoms with Crippen molar-refractivity contribution in [3.63, 3.8) is 0 Å². The molecule has 2 aliphatic rings. The van der Waals surface area contributed by atoms with Gasteiger partial charge in [0, 0.05) is 28.8 Å². The molecule has 0 N–H and O–H groups in total. The van der Waals surface area contributed by atoms with E-state index in [1.165, 1.54) is 0 Å². The van der Waals surface area contributed by atoms with Crippen LogP contribution in [0.15, 0.2) is 22.5 Å². The Morgan fingerprint density at radius 3 is 2.68 bits per heavy atom.